The van der Waals surface area contributed by atoms with Crippen molar-refractivity contribution in [2.24, 2.45) is 0 Å². The van der Waals surface area contributed by atoms with Crippen molar-refractivity contribution in [2.75, 3.05) is 0 Å². The minimum Gasteiger partial charge on any atom is -0.456 e. The number of allylic oxidation sites excluding steroid dienone is 2. The molecule has 11 rings (SSSR count). The summed E-state index contributed by atoms with van der Waals surface area (Å²) in [5, 5.41) is 6.98. The lowest BCUT2D eigenvalue weighted by molar-refractivity contribution is 0.669. The second kappa shape index (κ2) is 15.2. The van der Waals surface area contributed by atoms with Crippen LogP contribution in [0.1, 0.15) is 27.7 Å². The molecule has 3 aromatic heterocycles. The van der Waals surface area contributed by atoms with Gasteiger partial charge in [0.2, 0.25) is 0 Å². The predicted molar refractivity (Wildman–Crippen MR) is 244 cm³/mol. The topological polar surface area (TPSA) is 42.1 Å². The summed E-state index contributed by atoms with van der Waals surface area (Å²) in [6.45, 7) is 8.00. The van der Waals surface area contributed by atoms with Crippen LogP contribution in [0.3, 0.4) is 0 Å². The average Bonchev–Trinajstić information content (AvgIpc) is 3.98. The van der Waals surface area contributed by atoms with Gasteiger partial charge in [-0.1, -0.05) is 147 Å². The monoisotopic (exact) mass is 737 g/mol. The molecule has 11 aromatic rings. The molecule has 1 N–H and O–H groups in total. The lowest BCUT2D eigenvalue weighted by Crippen LogP contribution is -1.84. The number of benzene rings is 8. The van der Waals surface area contributed by atoms with E-state index in [1.54, 1.807) is 0 Å². The van der Waals surface area contributed by atoms with E-state index in [9.17, 15) is 0 Å². The van der Waals surface area contributed by atoms with Gasteiger partial charge in [0.05, 0.1) is 5.52 Å². The maximum absolute atomic E-state index is 6.39. The normalized spacial score (nSPS) is 11.4. The second-order valence-corrected chi connectivity index (χ2v) is 14.0. The summed E-state index contributed by atoms with van der Waals surface area (Å²) >= 11 is 0. The van der Waals surface area contributed by atoms with Crippen molar-refractivity contribution in [3.05, 3.63) is 182 Å². The number of furan rings is 2. The van der Waals surface area contributed by atoms with Gasteiger partial charge in [-0.15, -0.1) is 0 Å². The number of H-pyrrole nitrogens is 1. The van der Waals surface area contributed by atoms with E-state index in [-0.39, 0.29) is 0 Å². The highest BCUT2D eigenvalue weighted by Gasteiger charge is 2.16. The van der Waals surface area contributed by atoms with Crippen molar-refractivity contribution in [1.82, 2.24) is 4.98 Å². The Kier molecular flexibility index (Phi) is 9.49. The highest BCUT2D eigenvalue weighted by atomic mass is 16.3. The van der Waals surface area contributed by atoms with Crippen molar-refractivity contribution in [3.63, 3.8) is 0 Å². The number of nitrogens with one attached hydrogen (secondary N) is 1. The molecule has 0 aliphatic heterocycles. The molecular formula is C54H43NO2. The van der Waals surface area contributed by atoms with E-state index in [1.807, 2.05) is 64.1 Å². The summed E-state index contributed by atoms with van der Waals surface area (Å²) in [5.41, 5.74) is 15.1. The van der Waals surface area contributed by atoms with Gasteiger partial charge in [-0.3, -0.25) is 0 Å². The molecule has 57 heavy (non-hydrogen) atoms. The van der Waals surface area contributed by atoms with Crippen LogP contribution in [-0.4, -0.2) is 4.98 Å². The smallest absolute Gasteiger partial charge is 0.143 e. The van der Waals surface area contributed by atoms with Crippen LogP contribution in [0.5, 0.6) is 0 Å². The largest absolute Gasteiger partial charge is 0.456 e. The molecule has 0 unspecified atom stereocenters. The van der Waals surface area contributed by atoms with Gasteiger partial charge in [0.15, 0.2) is 0 Å². The fourth-order valence-electron chi connectivity index (χ4n) is 7.95. The van der Waals surface area contributed by atoms with Gasteiger partial charge in [-0.05, 0) is 95.8 Å². The van der Waals surface area contributed by atoms with Gasteiger partial charge in [0.1, 0.15) is 22.3 Å². The molecule has 0 amide bonds. The molecule has 0 saturated heterocycles. The quantitative estimate of drug-likeness (QED) is 0.183. The van der Waals surface area contributed by atoms with E-state index in [4.69, 9.17) is 8.83 Å². The lowest BCUT2D eigenvalue weighted by Gasteiger charge is -2.09. The predicted octanol–water partition coefficient (Wildman–Crippen LogP) is 16.4. The van der Waals surface area contributed by atoms with Crippen molar-refractivity contribution in [1.29, 1.82) is 0 Å². The van der Waals surface area contributed by atoms with Crippen LogP contribution in [0, 0.1) is 0 Å². The van der Waals surface area contributed by atoms with Crippen molar-refractivity contribution >= 4 is 65.7 Å². The fourth-order valence-corrected chi connectivity index (χ4v) is 7.95. The molecule has 0 saturated carbocycles. The zero-order valence-corrected chi connectivity index (χ0v) is 32.6. The first kappa shape index (κ1) is 35.6. The van der Waals surface area contributed by atoms with Crippen LogP contribution in [0.2, 0.25) is 0 Å². The standard InChI is InChI=1S/C48H29NO2.C4H8.C2H6/c1-3-19-44-37(13-1)39-23-21-32(28-46(39)50-44)30-10-5-9-29(25-30)31-11-6-12-33(26-31)35-15-7-17-40-42-27-34(22-24-43(42)49-47(35)40)36-16-8-18-41-38-14-2-4-20-45(38)51-48(36)41;1-3-4-2;1-2/h1-28,49H;3-4H,1-2H3;1-2H3/b;4-3-;. The molecule has 0 atom stereocenters. The van der Waals surface area contributed by atoms with Crippen LogP contribution in [-0.2, 0) is 0 Å². The Balaban J connectivity index is 0.000000666. The maximum atomic E-state index is 6.39. The summed E-state index contributed by atoms with van der Waals surface area (Å²) < 4.78 is 12.6. The molecule has 0 aliphatic carbocycles. The van der Waals surface area contributed by atoms with Gasteiger partial charge in [-0.25, -0.2) is 0 Å². The van der Waals surface area contributed by atoms with Crippen molar-refractivity contribution in [2.45, 2.75) is 27.7 Å². The van der Waals surface area contributed by atoms with Crippen LogP contribution in [0.15, 0.2) is 191 Å². The van der Waals surface area contributed by atoms with E-state index in [0.717, 1.165) is 77.2 Å². The SMILES string of the molecule is C/C=C\C.CC.c1cc(-c2cccc(-c3cccc4c3[nH]c3ccc(-c5cccc6c5oc5ccccc56)cc34)c2)cc(-c2ccc3c(c2)oc2ccccc23)c1. The first-order valence-electron chi connectivity index (χ1n) is 19.8. The molecule has 0 bridgehead atoms. The summed E-state index contributed by atoms with van der Waals surface area (Å²) in [6.07, 6.45) is 4.00. The van der Waals surface area contributed by atoms with E-state index in [1.165, 1.54) is 33.0 Å². The van der Waals surface area contributed by atoms with Gasteiger partial charge < -0.3 is 13.8 Å². The van der Waals surface area contributed by atoms with E-state index in [2.05, 4.69) is 151 Å². The Bertz CT molecular complexity index is 3240. The van der Waals surface area contributed by atoms with Gasteiger partial charge in [0, 0.05) is 49.0 Å². The summed E-state index contributed by atoms with van der Waals surface area (Å²) in [5.74, 6) is 0. The number of aromatic amines is 1. The van der Waals surface area contributed by atoms with Gasteiger partial charge >= 0.3 is 0 Å². The Hall–Kier alpha value is -7.10. The molecule has 276 valence electrons. The van der Waals surface area contributed by atoms with E-state index >= 15 is 0 Å². The minimum atomic E-state index is 0.909. The Morgan fingerprint density at radius 2 is 0.877 bits per heavy atom. The summed E-state index contributed by atoms with van der Waals surface area (Å²) in [7, 11) is 0. The van der Waals surface area contributed by atoms with Crippen LogP contribution < -0.4 is 0 Å². The Morgan fingerprint density at radius 1 is 0.368 bits per heavy atom. The number of hydrogen-bond donors (Lipinski definition) is 1. The minimum absolute atomic E-state index is 0.909. The number of fused-ring (bicyclic) bond motifs is 9. The first-order valence-corrected chi connectivity index (χ1v) is 19.8. The second-order valence-electron chi connectivity index (χ2n) is 14.0. The molecule has 0 aliphatic rings. The van der Waals surface area contributed by atoms with Crippen molar-refractivity contribution < 1.29 is 8.83 Å². The summed E-state index contributed by atoms with van der Waals surface area (Å²) in [4.78, 5) is 3.76. The number of para-hydroxylation sites is 4. The molecule has 0 fully saturated rings. The number of rotatable bonds is 4. The van der Waals surface area contributed by atoms with E-state index in [0.29, 0.717) is 0 Å². The third-order valence-electron chi connectivity index (χ3n) is 10.8. The Labute approximate surface area is 332 Å². The molecule has 0 radical (unpaired) electrons. The van der Waals surface area contributed by atoms with E-state index < -0.39 is 0 Å². The number of aromatic nitrogens is 1. The maximum Gasteiger partial charge on any atom is 0.143 e. The Morgan fingerprint density at radius 3 is 1.60 bits per heavy atom. The molecule has 8 aromatic carbocycles. The lowest BCUT2D eigenvalue weighted by atomic mass is 9.95. The zero-order chi connectivity index (χ0) is 38.9. The van der Waals surface area contributed by atoms with Crippen LogP contribution >= 0.6 is 0 Å². The van der Waals surface area contributed by atoms with Crippen LogP contribution in [0.25, 0.3) is 110 Å². The zero-order valence-electron chi connectivity index (χ0n) is 32.6. The van der Waals surface area contributed by atoms with Crippen molar-refractivity contribution in [3.8, 4) is 44.5 Å². The summed E-state index contributed by atoms with van der Waals surface area (Å²) in [6, 6.07) is 60.4. The molecule has 3 heterocycles. The third-order valence-corrected chi connectivity index (χ3v) is 10.8. The fraction of sp³-hybridized carbons (Fsp3) is 0.0741. The van der Waals surface area contributed by atoms with Crippen LogP contribution in [0.4, 0.5) is 0 Å². The average molecular weight is 738 g/mol. The molecule has 3 nitrogen and oxygen atoms in total. The molecule has 3 heteroatoms. The van der Waals surface area contributed by atoms with Gasteiger partial charge in [-0.2, -0.15) is 0 Å². The first-order chi connectivity index (χ1) is 28.2. The highest BCUT2D eigenvalue weighted by molar-refractivity contribution is 6.14. The highest BCUT2D eigenvalue weighted by Crippen LogP contribution is 2.40. The number of hydrogen-bond acceptors (Lipinski definition) is 2. The molecular weight excluding hydrogens is 695 g/mol. The third kappa shape index (κ3) is 6.37. The molecule has 0 spiro atoms. The van der Waals surface area contributed by atoms with Gasteiger partial charge in [0.25, 0.3) is 0 Å².